The van der Waals surface area contributed by atoms with Crippen LogP contribution in [0.2, 0.25) is 0 Å². The summed E-state index contributed by atoms with van der Waals surface area (Å²) in [5.74, 6) is 0. The van der Waals surface area contributed by atoms with E-state index in [9.17, 15) is 0 Å². The first-order chi connectivity index (χ1) is 0. The second-order valence-electron chi connectivity index (χ2n) is 0. The van der Waals surface area contributed by atoms with Crippen molar-refractivity contribution in [1.82, 2.24) is 0 Å². The van der Waals surface area contributed by atoms with E-state index in [0.29, 0.717) is 0 Å². The van der Waals surface area contributed by atoms with E-state index in [2.05, 4.69) is 0 Å². The summed E-state index contributed by atoms with van der Waals surface area (Å²) in [6, 6.07) is 0. The third kappa shape index (κ3) is 9.11. The smallest absolute Gasteiger partial charge is 1.00 e. The zero-order chi connectivity index (χ0) is 0. The molecule has 0 spiro atoms. The topological polar surface area (TPSA) is 0 Å². The van der Waals surface area contributed by atoms with E-state index in [1.807, 2.05) is 0 Å². The quantitative estimate of drug-likeness (QED) is 0.373. The van der Waals surface area contributed by atoms with Crippen molar-refractivity contribution in [2.24, 2.45) is 0 Å². The van der Waals surface area contributed by atoms with Crippen molar-refractivity contribution in [3.8, 4) is 0 Å². The first-order valence-corrected chi connectivity index (χ1v) is 0. The maximum atomic E-state index is 0. The summed E-state index contributed by atoms with van der Waals surface area (Å²) in [4.78, 5) is 0. The summed E-state index contributed by atoms with van der Waals surface area (Å²) < 4.78 is 0. The van der Waals surface area contributed by atoms with Crippen LogP contribution in [0.1, 0.15) is 0 Å². The first-order valence-electron chi connectivity index (χ1n) is 0. The molecule has 0 aliphatic carbocycles. The first kappa shape index (κ1) is 25.7. The van der Waals surface area contributed by atoms with Gasteiger partial charge in [-0.25, -0.2) is 0 Å². The fourth-order valence-electron chi connectivity index (χ4n) is 0. The molecule has 0 aliphatic rings. The van der Waals surface area contributed by atoms with Gasteiger partial charge in [0.25, 0.3) is 0 Å². The number of rotatable bonds is 0. The number of hydrogen-bond acceptors (Lipinski definition) is 0. The van der Waals surface area contributed by atoms with Crippen LogP contribution in [0.15, 0.2) is 0 Å². The van der Waals surface area contributed by atoms with Gasteiger partial charge in [0, 0.05) is 0 Å². The van der Waals surface area contributed by atoms with E-state index >= 15 is 0 Å². The summed E-state index contributed by atoms with van der Waals surface area (Å²) in [6.07, 6.45) is 0. The summed E-state index contributed by atoms with van der Waals surface area (Å²) in [6.45, 7) is 0. The van der Waals surface area contributed by atoms with Crippen molar-refractivity contribution in [1.29, 1.82) is 0 Å². The van der Waals surface area contributed by atoms with Crippen LogP contribution in [0.25, 0.3) is 0 Å². The van der Waals surface area contributed by atoms with E-state index < -0.39 is 0 Å². The molecular formula is Cl2Sr2+2. The monoisotopic (exact) mass is 246 g/mol. The van der Waals surface area contributed by atoms with Crippen LogP contribution >= 0.6 is 0 Å². The molecule has 16 valence electrons. The van der Waals surface area contributed by atoms with Gasteiger partial charge >= 0.3 is 91.0 Å². The molecule has 0 aromatic heterocycles. The van der Waals surface area contributed by atoms with E-state index in [0.717, 1.165) is 0 Å². The molecule has 4 heavy (non-hydrogen) atoms. The summed E-state index contributed by atoms with van der Waals surface area (Å²) in [5.41, 5.74) is 0. The van der Waals surface area contributed by atoms with Crippen LogP contribution in [-0.4, -0.2) is 91.0 Å². The second-order valence-corrected chi connectivity index (χ2v) is 0. The molecule has 0 fully saturated rings. The Morgan fingerprint density at radius 1 is 0.500 bits per heavy atom. The third-order valence-electron chi connectivity index (χ3n) is 0. The fourth-order valence-corrected chi connectivity index (χ4v) is 0. The van der Waals surface area contributed by atoms with Crippen molar-refractivity contribution < 1.29 is 24.8 Å². The van der Waals surface area contributed by atoms with E-state index in [1.165, 1.54) is 0 Å². The average molecular weight is 246 g/mol. The molecular weight excluding hydrogens is 246 g/mol. The number of halogens is 2. The Morgan fingerprint density at radius 3 is 0.500 bits per heavy atom. The van der Waals surface area contributed by atoms with Crippen molar-refractivity contribution >= 4 is 91.0 Å². The van der Waals surface area contributed by atoms with Crippen molar-refractivity contribution in [2.75, 3.05) is 0 Å². The third-order valence-corrected chi connectivity index (χ3v) is 0. The standard InChI is InChI=1S/2ClH.2Sr/h2*1H;;/q;;2*+2/p-2. The van der Waals surface area contributed by atoms with Gasteiger partial charge in [0.05, 0.1) is 0 Å². The summed E-state index contributed by atoms with van der Waals surface area (Å²) in [7, 11) is 0. The van der Waals surface area contributed by atoms with Crippen molar-refractivity contribution in [3.05, 3.63) is 0 Å². The minimum atomic E-state index is 0. The van der Waals surface area contributed by atoms with Crippen LogP contribution in [0.3, 0.4) is 0 Å². The summed E-state index contributed by atoms with van der Waals surface area (Å²) >= 11 is 0. The summed E-state index contributed by atoms with van der Waals surface area (Å²) in [5, 5.41) is 0. The molecule has 0 unspecified atom stereocenters. The maximum Gasteiger partial charge on any atom is 2.00 e. The molecule has 0 heterocycles. The number of hydrogen-bond donors (Lipinski definition) is 0. The van der Waals surface area contributed by atoms with E-state index in [1.54, 1.807) is 0 Å². The van der Waals surface area contributed by atoms with Crippen LogP contribution in [0, 0.1) is 0 Å². The van der Waals surface area contributed by atoms with Gasteiger partial charge in [-0.2, -0.15) is 0 Å². The fraction of sp³-hybridized carbons (Fsp3) is 0. The zero-order valence-corrected chi connectivity index (χ0v) is 10.6. The molecule has 0 saturated heterocycles. The Kier molecular flexibility index (Phi) is 103. The van der Waals surface area contributed by atoms with Gasteiger partial charge in [-0.3, -0.25) is 0 Å². The molecule has 0 radical (unpaired) electrons. The van der Waals surface area contributed by atoms with Crippen molar-refractivity contribution in [3.63, 3.8) is 0 Å². The molecule has 0 amide bonds. The maximum absolute atomic E-state index is 0. The SMILES string of the molecule is [Cl-].[Cl-].[Sr+2].[Sr+2]. The molecule has 0 rings (SSSR count). The van der Waals surface area contributed by atoms with Crippen LogP contribution in [-0.2, 0) is 0 Å². The van der Waals surface area contributed by atoms with Crippen LogP contribution in [0.4, 0.5) is 0 Å². The predicted octanol–water partition coefficient (Wildman–Crippen LogP) is -6.75. The van der Waals surface area contributed by atoms with E-state index in [4.69, 9.17) is 0 Å². The minimum absolute atomic E-state index is 0. The molecule has 0 bridgehead atoms. The molecule has 0 aromatic rings. The Labute approximate surface area is 112 Å². The minimum Gasteiger partial charge on any atom is -1.00 e. The normalized spacial score (nSPS) is 0. The van der Waals surface area contributed by atoms with E-state index in [-0.39, 0.29) is 116 Å². The van der Waals surface area contributed by atoms with Gasteiger partial charge in [-0.05, 0) is 0 Å². The molecule has 0 aliphatic heterocycles. The van der Waals surface area contributed by atoms with Gasteiger partial charge in [-0.1, -0.05) is 0 Å². The van der Waals surface area contributed by atoms with Crippen LogP contribution < -0.4 is 24.8 Å². The van der Waals surface area contributed by atoms with Gasteiger partial charge in [-0.15, -0.1) is 0 Å². The molecule has 0 atom stereocenters. The molecule has 0 saturated carbocycles. The Morgan fingerprint density at radius 2 is 0.500 bits per heavy atom. The Hall–Kier alpha value is 3.54. The van der Waals surface area contributed by atoms with Crippen molar-refractivity contribution in [2.45, 2.75) is 0 Å². The molecule has 0 aromatic carbocycles. The molecule has 0 nitrogen and oxygen atoms in total. The molecule has 0 N–H and O–H groups in total. The Balaban J connectivity index is 0. The molecule has 4 heteroatoms. The average Bonchev–Trinajstić information content (AvgIpc) is 0. The zero-order valence-electron chi connectivity index (χ0n) is 2.17. The van der Waals surface area contributed by atoms with Gasteiger partial charge in [0.15, 0.2) is 0 Å². The van der Waals surface area contributed by atoms with Gasteiger partial charge in [0.2, 0.25) is 0 Å². The largest absolute Gasteiger partial charge is 2.00 e. The van der Waals surface area contributed by atoms with Gasteiger partial charge in [0.1, 0.15) is 0 Å². The second kappa shape index (κ2) is 16.0. The van der Waals surface area contributed by atoms with Crippen LogP contribution in [0.5, 0.6) is 0 Å². The Bertz CT molecular complexity index is 4.00. The predicted molar refractivity (Wildman–Crippen MR) is 11.5 cm³/mol. The van der Waals surface area contributed by atoms with Gasteiger partial charge < -0.3 is 24.8 Å².